The number of ether oxygens (including phenoxy) is 1. The van der Waals surface area contributed by atoms with Crippen LogP contribution in [-0.2, 0) is 4.79 Å². The first kappa shape index (κ1) is 20.3. The van der Waals surface area contributed by atoms with Gasteiger partial charge in [0.15, 0.2) is 11.9 Å². The van der Waals surface area contributed by atoms with Crippen LogP contribution in [0.2, 0.25) is 0 Å². The number of carbonyl (C=O) groups is 2. The first-order valence-electron chi connectivity index (χ1n) is 9.47. The molecule has 0 aliphatic rings. The molecule has 1 amide bonds. The molecule has 156 valence electrons. The van der Waals surface area contributed by atoms with Gasteiger partial charge in [-0.2, -0.15) is 0 Å². The number of para-hydroxylation sites is 1. The summed E-state index contributed by atoms with van der Waals surface area (Å²) >= 11 is 0. The number of hydrogen-bond acceptors (Lipinski definition) is 4. The van der Waals surface area contributed by atoms with Crippen molar-refractivity contribution in [3.63, 3.8) is 0 Å². The molecule has 7 heteroatoms. The number of ketones is 1. The van der Waals surface area contributed by atoms with Crippen molar-refractivity contribution in [2.24, 2.45) is 0 Å². The summed E-state index contributed by atoms with van der Waals surface area (Å²) < 4.78 is 37.6. The minimum absolute atomic E-state index is 0.0739. The highest BCUT2D eigenvalue weighted by atomic mass is 19.1. The molecule has 0 radical (unpaired) electrons. The predicted molar refractivity (Wildman–Crippen MR) is 111 cm³/mol. The lowest BCUT2D eigenvalue weighted by atomic mass is 10.1. The molecule has 1 atom stereocenters. The fourth-order valence-electron chi connectivity index (χ4n) is 3.06. The maximum absolute atomic E-state index is 13.2. The van der Waals surface area contributed by atoms with Crippen LogP contribution in [-0.4, -0.2) is 17.8 Å². The van der Waals surface area contributed by atoms with Crippen molar-refractivity contribution >= 4 is 28.3 Å². The monoisotopic (exact) mass is 421 g/mol. The Hall–Kier alpha value is -4.00. The van der Waals surface area contributed by atoms with Crippen molar-refractivity contribution in [1.29, 1.82) is 0 Å². The van der Waals surface area contributed by atoms with E-state index in [0.717, 1.165) is 0 Å². The highest BCUT2D eigenvalue weighted by molar-refractivity contribution is 6.17. The molecule has 1 aromatic heterocycles. The molecule has 0 aliphatic carbocycles. The van der Waals surface area contributed by atoms with Gasteiger partial charge in [0.2, 0.25) is 5.78 Å². The van der Waals surface area contributed by atoms with E-state index in [9.17, 15) is 18.4 Å². The number of benzene rings is 3. The predicted octanol–water partition coefficient (Wildman–Crippen LogP) is 5.35. The van der Waals surface area contributed by atoms with E-state index in [0.29, 0.717) is 16.7 Å². The number of nitrogens with one attached hydrogen (secondary N) is 1. The molecule has 0 aliphatic heterocycles. The largest absolute Gasteiger partial charge is 0.481 e. The molecular formula is C24H17F2NO4. The Kier molecular flexibility index (Phi) is 5.49. The molecule has 3 aromatic carbocycles. The Bertz CT molecular complexity index is 1250. The van der Waals surface area contributed by atoms with Gasteiger partial charge in [0.05, 0.1) is 5.69 Å². The second-order valence-corrected chi connectivity index (χ2v) is 6.84. The molecule has 0 fully saturated rings. The fraction of sp³-hybridized carbons (Fsp3) is 0.0833. The molecular weight excluding hydrogens is 404 g/mol. The number of hydrogen-bond donors (Lipinski definition) is 1. The van der Waals surface area contributed by atoms with E-state index in [1.54, 1.807) is 24.3 Å². The van der Waals surface area contributed by atoms with Gasteiger partial charge in [-0.15, -0.1) is 0 Å². The zero-order valence-electron chi connectivity index (χ0n) is 16.4. The fourth-order valence-corrected chi connectivity index (χ4v) is 3.06. The Labute approximate surface area is 176 Å². The van der Waals surface area contributed by atoms with Gasteiger partial charge in [-0.1, -0.05) is 12.1 Å². The van der Waals surface area contributed by atoms with Crippen LogP contribution in [0.5, 0.6) is 5.75 Å². The summed E-state index contributed by atoms with van der Waals surface area (Å²) in [6.45, 7) is 1.53. The van der Waals surface area contributed by atoms with Crippen molar-refractivity contribution < 1.29 is 27.5 Å². The first-order chi connectivity index (χ1) is 14.9. The summed E-state index contributed by atoms with van der Waals surface area (Å²) in [5.41, 5.74) is 0.825. The SMILES string of the molecule is C[C@@H](Oc1ccc(F)cc1)C(=O)Nc1c(C(=O)c2ccc(F)cc2)oc2ccccc12. The Morgan fingerprint density at radius 1 is 0.903 bits per heavy atom. The number of rotatable bonds is 6. The second kappa shape index (κ2) is 8.39. The van der Waals surface area contributed by atoms with Crippen molar-refractivity contribution in [1.82, 2.24) is 0 Å². The van der Waals surface area contributed by atoms with E-state index in [2.05, 4.69) is 5.32 Å². The van der Waals surface area contributed by atoms with Crippen molar-refractivity contribution in [2.45, 2.75) is 13.0 Å². The normalized spacial score (nSPS) is 11.8. The molecule has 0 spiro atoms. The van der Waals surface area contributed by atoms with Crippen LogP contribution in [0.1, 0.15) is 23.0 Å². The summed E-state index contributed by atoms with van der Waals surface area (Å²) in [5.74, 6) is -1.67. The molecule has 0 saturated carbocycles. The topological polar surface area (TPSA) is 68.5 Å². The molecule has 5 nitrogen and oxygen atoms in total. The Balaban J connectivity index is 1.63. The van der Waals surface area contributed by atoms with Gasteiger partial charge in [-0.05, 0) is 67.6 Å². The third-order valence-corrected chi connectivity index (χ3v) is 4.65. The van der Waals surface area contributed by atoms with Gasteiger partial charge in [0.25, 0.3) is 5.91 Å². The number of fused-ring (bicyclic) bond motifs is 1. The zero-order chi connectivity index (χ0) is 22.0. The van der Waals surface area contributed by atoms with Crippen LogP contribution in [0.4, 0.5) is 14.5 Å². The lowest BCUT2D eigenvalue weighted by molar-refractivity contribution is -0.122. The van der Waals surface area contributed by atoms with Crippen LogP contribution in [0.15, 0.2) is 77.2 Å². The average Bonchev–Trinajstić information content (AvgIpc) is 3.13. The maximum Gasteiger partial charge on any atom is 0.265 e. The standard InChI is InChI=1S/C24H17F2NO4/c1-14(30-18-12-10-17(26)11-13-18)24(29)27-21-19-4-2-3-5-20(19)31-23(21)22(28)15-6-8-16(25)9-7-15/h2-14H,1H3,(H,27,29)/t14-/m1/s1. The summed E-state index contributed by atoms with van der Waals surface area (Å²) in [5, 5.41) is 3.24. The number of amides is 1. The van der Waals surface area contributed by atoms with Gasteiger partial charge in [-0.3, -0.25) is 9.59 Å². The minimum atomic E-state index is -0.937. The first-order valence-corrected chi connectivity index (χ1v) is 9.47. The second-order valence-electron chi connectivity index (χ2n) is 6.84. The van der Waals surface area contributed by atoms with Gasteiger partial charge in [0.1, 0.15) is 23.0 Å². The molecule has 0 saturated heterocycles. The van der Waals surface area contributed by atoms with Gasteiger partial charge in [-0.25, -0.2) is 8.78 Å². The van der Waals surface area contributed by atoms with E-state index >= 15 is 0 Å². The van der Waals surface area contributed by atoms with E-state index in [1.165, 1.54) is 55.5 Å². The van der Waals surface area contributed by atoms with E-state index < -0.39 is 29.4 Å². The average molecular weight is 421 g/mol. The van der Waals surface area contributed by atoms with E-state index in [4.69, 9.17) is 9.15 Å². The van der Waals surface area contributed by atoms with Crippen LogP contribution >= 0.6 is 0 Å². The molecule has 4 rings (SSSR count). The number of anilines is 1. The van der Waals surface area contributed by atoms with Crippen molar-refractivity contribution in [3.05, 3.63) is 95.8 Å². The van der Waals surface area contributed by atoms with Crippen LogP contribution < -0.4 is 10.1 Å². The van der Waals surface area contributed by atoms with Gasteiger partial charge in [0, 0.05) is 10.9 Å². The molecule has 31 heavy (non-hydrogen) atoms. The van der Waals surface area contributed by atoms with Crippen molar-refractivity contribution in [3.8, 4) is 5.75 Å². The van der Waals surface area contributed by atoms with Gasteiger partial charge < -0.3 is 14.5 Å². The van der Waals surface area contributed by atoms with E-state index in [1.807, 2.05) is 0 Å². The molecule has 4 aromatic rings. The third-order valence-electron chi connectivity index (χ3n) is 4.65. The van der Waals surface area contributed by atoms with Gasteiger partial charge >= 0.3 is 0 Å². The Morgan fingerprint density at radius 2 is 1.52 bits per heavy atom. The van der Waals surface area contributed by atoms with Crippen LogP contribution in [0.3, 0.4) is 0 Å². The summed E-state index contributed by atoms with van der Waals surface area (Å²) in [7, 11) is 0. The summed E-state index contributed by atoms with van der Waals surface area (Å²) in [6.07, 6.45) is -0.937. The molecule has 0 unspecified atom stereocenters. The highest BCUT2D eigenvalue weighted by Gasteiger charge is 2.25. The summed E-state index contributed by atoms with van der Waals surface area (Å²) in [4.78, 5) is 25.8. The Morgan fingerprint density at radius 3 is 2.19 bits per heavy atom. The minimum Gasteiger partial charge on any atom is -0.481 e. The lowest BCUT2D eigenvalue weighted by Crippen LogP contribution is -2.30. The molecule has 1 heterocycles. The van der Waals surface area contributed by atoms with Crippen LogP contribution in [0, 0.1) is 11.6 Å². The van der Waals surface area contributed by atoms with Crippen LogP contribution in [0.25, 0.3) is 11.0 Å². The summed E-state index contributed by atoms with van der Waals surface area (Å²) in [6, 6.07) is 17.2. The molecule has 1 N–H and O–H groups in total. The van der Waals surface area contributed by atoms with Crippen molar-refractivity contribution in [2.75, 3.05) is 5.32 Å². The zero-order valence-corrected chi connectivity index (χ0v) is 16.4. The maximum atomic E-state index is 13.2. The van der Waals surface area contributed by atoms with E-state index in [-0.39, 0.29) is 17.0 Å². The quantitative estimate of drug-likeness (QED) is 0.426. The molecule has 0 bridgehead atoms. The number of carbonyl (C=O) groups excluding carboxylic acids is 2. The highest BCUT2D eigenvalue weighted by Crippen LogP contribution is 2.32. The number of halogens is 2. The smallest absolute Gasteiger partial charge is 0.265 e. The lowest BCUT2D eigenvalue weighted by Gasteiger charge is -2.15. The third kappa shape index (κ3) is 4.30. The number of furan rings is 1.